The van der Waals surface area contributed by atoms with Gasteiger partial charge in [-0.3, -0.25) is 9.00 Å². The third-order valence-corrected chi connectivity index (χ3v) is 2.54. The average Bonchev–Trinajstić information content (AvgIpc) is 2.65. The first kappa shape index (κ1) is 11.9. The number of nitrogens with one attached hydrogen (secondary N) is 1. The predicted octanol–water partition coefficient (Wildman–Crippen LogP) is -0.153. The van der Waals surface area contributed by atoms with Crippen LogP contribution in [0.15, 0.2) is 16.5 Å². The SMILES string of the molecule is CS(=O)CCNC(=O)c1ccc(CN)o1. The molecule has 6 heteroatoms. The highest BCUT2D eigenvalue weighted by Gasteiger charge is 2.09. The van der Waals surface area contributed by atoms with Crippen molar-refractivity contribution in [3.8, 4) is 0 Å². The number of rotatable bonds is 5. The van der Waals surface area contributed by atoms with E-state index in [-0.39, 0.29) is 18.2 Å². The zero-order valence-electron chi connectivity index (χ0n) is 8.49. The summed E-state index contributed by atoms with van der Waals surface area (Å²) in [5, 5.41) is 2.60. The summed E-state index contributed by atoms with van der Waals surface area (Å²) in [6.07, 6.45) is 1.59. The van der Waals surface area contributed by atoms with Crippen molar-refractivity contribution in [2.45, 2.75) is 6.54 Å². The second-order valence-electron chi connectivity index (χ2n) is 3.00. The molecule has 1 aromatic heterocycles. The Hall–Kier alpha value is -1.14. The van der Waals surface area contributed by atoms with E-state index in [4.69, 9.17) is 10.2 Å². The number of furan rings is 1. The molecular formula is C9H14N2O3S. The second-order valence-corrected chi connectivity index (χ2v) is 4.56. The topological polar surface area (TPSA) is 85.3 Å². The number of carbonyl (C=O) groups excluding carboxylic acids is 1. The smallest absolute Gasteiger partial charge is 0.287 e. The van der Waals surface area contributed by atoms with E-state index in [1.165, 1.54) is 0 Å². The summed E-state index contributed by atoms with van der Waals surface area (Å²) in [5.41, 5.74) is 5.34. The lowest BCUT2D eigenvalue weighted by Gasteiger charge is -2.00. The minimum absolute atomic E-state index is 0.234. The lowest BCUT2D eigenvalue weighted by Crippen LogP contribution is -2.27. The molecule has 0 aliphatic carbocycles. The van der Waals surface area contributed by atoms with Crippen LogP contribution >= 0.6 is 0 Å². The molecule has 1 aromatic rings. The molecule has 0 aliphatic rings. The molecule has 0 fully saturated rings. The number of amides is 1. The van der Waals surface area contributed by atoms with Gasteiger partial charge in [0.2, 0.25) is 0 Å². The third-order valence-electron chi connectivity index (χ3n) is 1.76. The molecule has 0 aromatic carbocycles. The lowest BCUT2D eigenvalue weighted by atomic mass is 10.4. The van der Waals surface area contributed by atoms with Crippen molar-refractivity contribution in [3.05, 3.63) is 23.7 Å². The van der Waals surface area contributed by atoms with Crippen molar-refractivity contribution in [1.29, 1.82) is 0 Å². The van der Waals surface area contributed by atoms with Crippen LogP contribution in [0.25, 0.3) is 0 Å². The van der Waals surface area contributed by atoms with Crippen molar-refractivity contribution >= 4 is 16.7 Å². The average molecular weight is 230 g/mol. The highest BCUT2D eigenvalue weighted by molar-refractivity contribution is 7.84. The summed E-state index contributed by atoms with van der Waals surface area (Å²) in [6, 6.07) is 3.23. The van der Waals surface area contributed by atoms with Gasteiger partial charge in [-0.1, -0.05) is 0 Å². The molecule has 1 unspecified atom stereocenters. The van der Waals surface area contributed by atoms with Crippen LogP contribution in [0.1, 0.15) is 16.3 Å². The molecule has 1 atom stereocenters. The second kappa shape index (κ2) is 5.67. The number of hydrogen-bond acceptors (Lipinski definition) is 4. The van der Waals surface area contributed by atoms with Gasteiger partial charge >= 0.3 is 0 Å². The van der Waals surface area contributed by atoms with E-state index < -0.39 is 10.8 Å². The van der Waals surface area contributed by atoms with Crippen LogP contribution in [0.5, 0.6) is 0 Å². The van der Waals surface area contributed by atoms with E-state index in [0.717, 1.165) is 0 Å². The molecule has 1 amide bonds. The van der Waals surface area contributed by atoms with Gasteiger partial charge in [-0.2, -0.15) is 0 Å². The van der Waals surface area contributed by atoms with Gasteiger partial charge in [0.1, 0.15) is 5.76 Å². The van der Waals surface area contributed by atoms with Crippen LogP contribution in [-0.4, -0.2) is 28.7 Å². The number of nitrogens with two attached hydrogens (primary N) is 1. The first-order valence-electron chi connectivity index (χ1n) is 4.50. The van der Waals surface area contributed by atoms with Gasteiger partial charge in [-0.15, -0.1) is 0 Å². The van der Waals surface area contributed by atoms with Gasteiger partial charge in [0, 0.05) is 29.4 Å². The summed E-state index contributed by atoms with van der Waals surface area (Å²) in [4.78, 5) is 11.4. The first-order chi connectivity index (χ1) is 7.13. The molecule has 5 nitrogen and oxygen atoms in total. The molecule has 0 radical (unpaired) electrons. The molecule has 0 aliphatic heterocycles. The molecule has 0 saturated heterocycles. The van der Waals surface area contributed by atoms with Gasteiger partial charge in [-0.25, -0.2) is 0 Å². The van der Waals surface area contributed by atoms with Gasteiger partial charge in [0.25, 0.3) is 5.91 Å². The molecule has 0 bridgehead atoms. The Bertz CT molecular complexity index is 362. The predicted molar refractivity (Wildman–Crippen MR) is 57.9 cm³/mol. The minimum Gasteiger partial charge on any atom is -0.455 e. The van der Waals surface area contributed by atoms with Gasteiger partial charge in [-0.05, 0) is 12.1 Å². The van der Waals surface area contributed by atoms with Gasteiger partial charge in [0.05, 0.1) is 6.54 Å². The standard InChI is InChI=1S/C9H14N2O3S/c1-15(13)5-4-11-9(12)8-3-2-7(6-10)14-8/h2-3H,4-6,10H2,1H3,(H,11,12). The van der Waals surface area contributed by atoms with Crippen LogP contribution in [0.4, 0.5) is 0 Å². The van der Waals surface area contributed by atoms with Crippen LogP contribution in [0.3, 0.4) is 0 Å². The van der Waals surface area contributed by atoms with E-state index in [1.54, 1.807) is 18.4 Å². The maximum absolute atomic E-state index is 11.4. The highest BCUT2D eigenvalue weighted by Crippen LogP contribution is 2.06. The largest absolute Gasteiger partial charge is 0.455 e. The minimum atomic E-state index is -0.900. The fourth-order valence-electron chi connectivity index (χ4n) is 1.01. The maximum atomic E-state index is 11.4. The first-order valence-corrected chi connectivity index (χ1v) is 6.23. The summed E-state index contributed by atoms with van der Waals surface area (Å²) in [7, 11) is -0.900. The van der Waals surface area contributed by atoms with Crippen molar-refractivity contribution in [2.75, 3.05) is 18.6 Å². The Labute approximate surface area is 90.5 Å². The summed E-state index contributed by atoms with van der Waals surface area (Å²) >= 11 is 0. The van der Waals surface area contributed by atoms with Crippen LogP contribution in [0, 0.1) is 0 Å². The van der Waals surface area contributed by atoms with Crippen LogP contribution < -0.4 is 11.1 Å². The molecule has 84 valence electrons. The van der Waals surface area contributed by atoms with E-state index in [9.17, 15) is 9.00 Å². The Morgan fingerprint density at radius 1 is 1.60 bits per heavy atom. The number of hydrogen-bond donors (Lipinski definition) is 2. The van der Waals surface area contributed by atoms with E-state index in [1.807, 2.05) is 0 Å². The fraction of sp³-hybridized carbons (Fsp3) is 0.444. The maximum Gasteiger partial charge on any atom is 0.287 e. The van der Waals surface area contributed by atoms with Crippen molar-refractivity contribution in [1.82, 2.24) is 5.32 Å². The van der Waals surface area contributed by atoms with Crippen LogP contribution in [-0.2, 0) is 17.3 Å². The Morgan fingerprint density at radius 2 is 2.33 bits per heavy atom. The van der Waals surface area contributed by atoms with Gasteiger partial charge in [0.15, 0.2) is 5.76 Å². The molecule has 15 heavy (non-hydrogen) atoms. The van der Waals surface area contributed by atoms with Crippen molar-refractivity contribution in [2.24, 2.45) is 5.73 Å². The lowest BCUT2D eigenvalue weighted by molar-refractivity contribution is 0.0927. The molecule has 0 saturated carbocycles. The van der Waals surface area contributed by atoms with Crippen molar-refractivity contribution < 1.29 is 13.4 Å². The summed E-state index contributed by atoms with van der Waals surface area (Å²) in [5.74, 6) is 0.938. The van der Waals surface area contributed by atoms with Crippen molar-refractivity contribution in [3.63, 3.8) is 0 Å². The van der Waals surface area contributed by atoms with E-state index in [2.05, 4.69) is 5.32 Å². The summed E-state index contributed by atoms with van der Waals surface area (Å²) < 4.78 is 15.9. The third kappa shape index (κ3) is 3.85. The fourth-order valence-corrected chi connectivity index (χ4v) is 1.39. The highest BCUT2D eigenvalue weighted by atomic mass is 32.2. The van der Waals surface area contributed by atoms with Gasteiger partial charge < -0.3 is 15.5 Å². The monoisotopic (exact) mass is 230 g/mol. The van der Waals surface area contributed by atoms with E-state index in [0.29, 0.717) is 18.1 Å². The molecule has 1 rings (SSSR count). The number of carbonyl (C=O) groups is 1. The molecule has 1 heterocycles. The summed E-state index contributed by atoms with van der Waals surface area (Å²) in [6.45, 7) is 0.646. The van der Waals surface area contributed by atoms with Crippen LogP contribution in [0.2, 0.25) is 0 Å². The Morgan fingerprint density at radius 3 is 2.87 bits per heavy atom. The normalized spacial score (nSPS) is 12.4. The zero-order chi connectivity index (χ0) is 11.3. The molecular weight excluding hydrogens is 216 g/mol. The Balaban J connectivity index is 2.43. The zero-order valence-corrected chi connectivity index (χ0v) is 9.30. The Kier molecular flexibility index (Phi) is 4.51. The molecule has 0 spiro atoms. The molecule has 3 N–H and O–H groups in total. The van der Waals surface area contributed by atoms with E-state index >= 15 is 0 Å². The quantitative estimate of drug-likeness (QED) is 0.736.